The van der Waals surface area contributed by atoms with E-state index in [1.807, 2.05) is 13.0 Å². The van der Waals surface area contributed by atoms with Gasteiger partial charge in [-0.1, -0.05) is 12.1 Å². The van der Waals surface area contributed by atoms with Gasteiger partial charge in [-0.3, -0.25) is 9.10 Å². The third-order valence-electron chi connectivity index (χ3n) is 4.41. The lowest BCUT2D eigenvalue weighted by molar-refractivity contribution is -0.122. The van der Waals surface area contributed by atoms with Crippen LogP contribution >= 0.6 is 0 Å². The lowest BCUT2D eigenvalue weighted by Crippen LogP contribution is -2.52. The lowest BCUT2D eigenvalue weighted by Gasteiger charge is -2.33. The molecule has 0 aromatic heterocycles. The first-order valence-corrected chi connectivity index (χ1v) is 10.1. The molecule has 0 saturated carbocycles. The van der Waals surface area contributed by atoms with Crippen molar-refractivity contribution in [3.05, 3.63) is 29.8 Å². The van der Waals surface area contributed by atoms with E-state index in [4.69, 9.17) is 0 Å². The number of anilines is 1. The van der Waals surface area contributed by atoms with Gasteiger partial charge in [-0.15, -0.1) is 0 Å². The summed E-state index contributed by atoms with van der Waals surface area (Å²) in [5, 5.41) is 3.00. The van der Waals surface area contributed by atoms with Gasteiger partial charge in [0.25, 0.3) is 0 Å². The molecule has 0 spiro atoms. The number of benzene rings is 1. The van der Waals surface area contributed by atoms with Crippen molar-refractivity contribution in [1.82, 2.24) is 10.2 Å². The number of nitrogens with zero attached hydrogens (tertiary/aromatic N) is 2. The van der Waals surface area contributed by atoms with E-state index in [1.54, 1.807) is 25.1 Å². The van der Waals surface area contributed by atoms with Crippen LogP contribution in [0.2, 0.25) is 0 Å². The Labute approximate surface area is 144 Å². The van der Waals surface area contributed by atoms with Gasteiger partial charge in [-0.25, -0.2) is 8.42 Å². The molecule has 1 heterocycles. The van der Waals surface area contributed by atoms with E-state index in [0.717, 1.165) is 37.8 Å². The van der Waals surface area contributed by atoms with Gasteiger partial charge >= 0.3 is 0 Å². The fourth-order valence-corrected chi connectivity index (χ4v) is 4.22. The van der Waals surface area contributed by atoms with Crippen LogP contribution in [0.25, 0.3) is 0 Å². The number of carbonyl (C=O) groups excluding carboxylic acids is 1. The molecule has 0 unspecified atom stereocenters. The van der Waals surface area contributed by atoms with Gasteiger partial charge in [0.15, 0.2) is 0 Å². The molecule has 1 atom stereocenters. The average molecular weight is 353 g/mol. The fraction of sp³-hybridized carbons (Fsp3) is 0.588. The minimum atomic E-state index is -3.56. The maximum Gasteiger partial charge on any atom is 0.243 e. The third-order valence-corrected chi connectivity index (χ3v) is 5.65. The number of hydrogen-bond acceptors (Lipinski definition) is 4. The van der Waals surface area contributed by atoms with E-state index in [0.29, 0.717) is 5.69 Å². The molecule has 0 bridgehead atoms. The molecule has 1 aromatic rings. The van der Waals surface area contributed by atoms with E-state index in [1.165, 1.54) is 4.31 Å². The van der Waals surface area contributed by atoms with E-state index >= 15 is 0 Å². The van der Waals surface area contributed by atoms with Crippen molar-refractivity contribution in [1.29, 1.82) is 0 Å². The second-order valence-electron chi connectivity index (χ2n) is 6.66. The molecule has 1 aromatic carbocycles. The van der Waals surface area contributed by atoms with Crippen LogP contribution in [0.15, 0.2) is 24.3 Å². The molecule has 1 aliphatic heterocycles. The fourth-order valence-electron chi connectivity index (χ4n) is 3.05. The number of carbonyl (C=O) groups is 1. The van der Waals surface area contributed by atoms with Gasteiger partial charge in [0.05, 0.1) is 11.9 Å². The van der Waals surface area contributed by atoms with Crippen molar-refractivity contribution in [3.8, 4) is 0 Å². The monoisotopic (exact) mass is 353 g/mol. The number of hydrogen-bond donors (Lipinski definition) is 1. The summed E-state index contributed by atoms with van der Waals surface area (Å²) in [7, 11) is -1.50. The Morgan fingerprint density at radius 1 is 1.33 bits per heavy atom. The first kappa shape index (κ1) is 18.7. The number of likely N-dealkylation sites (tertiary alicyclic amines) is 1. The summed E-state index contributed by atoms with van der Waals surface area (Å²) in [5.41, 5.74) is 1.47. The zero-order valence-corrected chi connectivity index (χ0v) is 15.6. The number of piperidine rings is 1. The number of aryl methyl sites for hydroxylation is 1. The largest absolute Gasteiger partial charge is 0.351 e. The quantitative estimate of drug-likeness (QED) is 0.868. The highest BCUT2D eigenvalue weighted by Crippen LogP contribution is 2.22. The lowest BCUT2D eigenvalue weighted by atomic mass is 10.1. The van der Waals surface area contributed by atoms with Crippen LogP contribution in [0, 0.1) is 6.92 Å². The highest BCUT2D eigenvalue weighted by Gasteiger charge is 2.30. The van der Waals surface area contributed by atoms with Gasteiger partial charge in [-0.05, 0) is 64.5 Å². The molecule has 7 heteroatoms. The topological polar surface area (TPSA) is 69.7 Å². The number of rotatable bonds is 5. The molecule has 1 saturated heterocycles. The van der Waals surface area contributed by atoms with Gasteiger partial charge < -0.3 is 10.2 Å². The summed E-state index contributed by atoms with van der Waals surface area (Å²) in [6.07, 6.45) is 2.91. The molecule has 1 aliphatic rings. The van der Waals surface area contributed by atoms with Crippen molar-refractivity contribution in [2.75, 3.05) is 30.7 Å². The van der Waals surface area contributed by atoms with E-state index in [-0.39, 0.29) is 11.9 Å². The SMILES string of the molecule is Cc1cccc(N([C@@H](C)C(=O)NC2CCN(C)CC2)S(C)(=O)=O)c1. The number of amides is 1. The molecule has 6 nitrogen and oxygen atoms in total. The minimum absolute atomic E-state index is 0.107. The molecule has 134 valence electrons. The summed E-state index contributed by atoms with van der Waals surface area (Å²) >= 11 is 0. The molecular weight excluding hydrogens is 326 g/mol. The van der Waals surface area contributed by atoms with Crippen molar-refractivity contribution < 1.29 is 13.2 Å². The Bertz CT molecular complexity index is 682. The molecule has 0 radical (unpaired) electrons. The Balaban J connectivity index is 2.16. The van der Waals surface area contributed by atoms with Crippen LogP contribution in [-0.4, -0.2) is 57.7 Å². The summed E-state index contributed by atoms with van der Waals surface area (Å²) in [4.78, 5) is 14.8. The van der Waals surface area contributed by atoms with Gasteiger partial charge in [0.1, 0.15) is 6.04 Å². The zero-order chi connectivity index (χ0) is 17.9. The predicted octanol–water partition coefficient (Wildman–Crippen LogP) is 1.36. The molecule has 0 aliphatic carbocycles. The van der Waals surface area contributed by atoms with E-state index in [9.17, 15) is 13.2 Å². The summed E-state index contributed by atoms with van der Waals surface area (Å²) < 4.78 is 25.7. The van der Waals surface area contributed by atoms with E-state index < -0.39 is 16.1 Å². The smallest absolute Gasteiger partial charge is 0.243 e. The normalized spacial score (nSPS) is 18.2. The first-order valence-electron chi connectivity index (χ1n) is 8.23. The highest BCUT2D eigenvalue weighted by molar-refractivity contribution is 7.92. The summed E-state index contributed by atoms with van der Waals surface area (Å²) in [5.74, 6) is -0.253. The summed E-state index contributed by atoms with van der Waals surface area (Å²) in [6, 6.07) is 6.50. The van der Waals surface area contributed by atoms with Gasteiger partial charge in [0, 0.05) is 6.04 Å². The Kier molecular flexibility index (Phi) is 5.87. The molecule has 1 fully saturated rings. The Morgan fingerprint density at radius 2 is 1.96 bits per heavy atom. The van der Waals surface area contributed by atoms with Crippen molar-refractivity contribution in [2.45, 2.75) is 38.8 Å². The van der Waals surface area contributed by atoms with Crippen LogP contribution in [0.5, 0.6) is 0 Å². The Morgan fingerprint density at radius 3 is 2.50 bits per heavy atom. The number of nitrogens with one attached hydrogen (secondary N) is 1. The zero-order valence-electron chi connectivity index (χ0n) is 14.8. The van der Waals surface area contributed by atoms with Crippen molar-refractivity contribution in [3.63, 3.8) is 0 Å². The third kappa shape index (κ3) is 4.70. The minimum Gasteiger partial charge on any atom is -0.351 e. The van der Waals surface area contributed by atoms with Crippen LogP contribution in [-0.2, 0) is 14.8 Å². The van der Waals surface area contributed by atoms with Crippen LogP contribution < -0.4 is 9.62 Å². The van der Waals surface area contributed by atoms with Crippen molar-refractivity contribution >= 4 is 21.6 Å². The second kappa shape index (κ2) is 7.53. The van der Waals surface area contributed by atoms with E-state index in [2.05, 4.69) is 17.3 Å². The second-order valence-corrected chi connectivity index (χ2v) is 8.52. The summed E-state index contributed by atoms with van der Waals surface area (Å²) in [6.45, 7) is 5.40. The van der Waals surface area contributed by atoms with Crippen molar-refractivity contribution in [2.24, 2.45) is 0 Å². The average Bonchev–Trinajstić information content (AvgIpc) is 2.48. The van der Waals surface area contributed by atoms with Crippen LogP contribution in [0.1, 0.15) is 25.3 Å². The molecule has 1 N–H and O–H groups in total. The van der Waals surface area contributed by atoms with Gasteiger partial charge in [-0.2, -0.15) is 0 Å². The van der Waals surface area contributed by atoms with Gasteiger partial charge in [0.2, 0.25) is 15.9 Å². The number of sulfonamides is 1. The predicted molar refractivity (Wildman–Crippen MR) is 96.6 cm³/mol. The Hall–Kier alpha value is -1.60. The molecular formula is C17H27N3O3S. The maximum absolute atomic E-state index is 12.6. The van der Waals surface area contributed by atoms with Crippen LogP contribution in [0.3, 0.4) is 0 Å². The molecule has 24 heavy (non-hydrogen) atoms. The standard InChI is InChI=1S/C17H27N3O3S/c1-13-6-5-7-16(12-13)20(24(4,22)23)14(2)17(21)18-15-8-10-19(3)11-9-15/h5-7,12,14-15H,8-11H2,1-4H3,(H,18,21)/t14-/m0/s1. The molecule has 1 amide bonds. The van der Waals surface area contributed by atoms with Crippen LogP contribution in [0.4, 0.5) is 5.69 Å². The highest BCUT2D eigenvalue weighted by atomic mass is 32.2. The molecule has 2 rings (SSSR count). The maximum atomic E-state index is 12.6. The first-order chi connectivity index (χ1) is 11.2.